The molecule has 0 bridgehead atoms. The third-order valence-corrected chi connectivity index (χ3v) is 3.57. The van der Waals surface area contributed by atoms with Gasteiger partial charge in [-0.2, -0.15) is 48.3 Å². The van der Waals surface area contributed by atoms with Crippen LogP contribution in [0.3, 0.4) is 0 Å². The van der Waals surface area contributed by atoms with Crippen LogP contribution in [0.15, 0.2) is 24.3 Å². The monoisotopic (exact) mass is 422 g/mol. The van der Waals surface area contributed by atoms with Crippen molar-refractivity contribution in [2.45, 2.75) is 42.4 Å². The largest absolute Gasteiger partial charge is 0.460 e. The van der Waals surface area contributed by atoms with Crippen LogP contribution in [0.1, 0.15) is 18.1 Å². The first-order chi connectivity index (χ1) is 11.9. The smallest absolute Gasteiger partial charge is 0.377 e. The maximum absolute atomic E-state index is 13.7. The highest BCUT2D eigenvalue weighted by Crippen LogP contribution is 2.58. The van der Waals surface area contributed by atoms with Crippen molar-refractivity contribution in [2.24, 2.45) is 0 Å². The van der Waals surface area contributed by atoms with Crippen molar-refractivity contribution < 1.29 is 57.4 Å². The highest BCUT2D eigenvalue weighted by atomic mass is 19.4. The second-order valence-electron chi connectivity index (χ2n) is 5.41. The van der Waals surface area contributed by atoms with Gasteiger partial charge in [0.05, 0.1) is 6.10 Å². The minimum Gasteiger partial charge on any atom is -0.377 e. The highest BCUT2D eigenvalue weighted by Gasteiger charge is 2.87. The average molecular weight is 422 g/mol. The van der Waals surface area contributed by atoms with Crippen LogP contribution in [0.4, 0.5) is 52.7 Å². The van der Waals surface area contributed by atoms with Gasteiger partial charge in [0.1, 0.15) is 5.82 Å². The molecule has 0 spiro atoms. The summed E-state index contributed by atoms with van der Waals surface area (Å²) in [6.07, 6.45) is -11.7. The molecule has 0 heterocycles. The molecule has 0 aliphatic heterocycles. The van der Waals surface area contributed by atoms with Crippen LogP contribution >= 0.6 is 0 Å². The van der Waals surface area contributed by atoms with Gasteiger partial charge in [-0.25, -0.2) is 4.39 Å². The van der Waals surface area contributed by atoms with Gasteiger partial charge >= 0.3 is 29.9 Å². The number of rotatable bonds is 7. The molecule has 1 unspecified atom stereocenters. The number of ether oxygens (including phenoxy) is 1. The molecule has 156 valence electrons. The Kier molecular flexibility index (Phi) is 6.11. The summed E-state index contributed by atoms with van der Waals surface area (Å²) >= 11 is 0. The van der Waals surface area contributed by atoms with Crippen LogP contribution in [0, 0.1) is 5.82 Å². The summed E-state index contributed by atoms with van der Waals surface area (Å²) in [5, 5.41) is 0. The van der Waals surface area contributed by atoms with Crippen molar-refractivity contribution in [3.05, 3.63) is 35.6 Å². The van der Waals surface area contributed by atoms with Gasteiger partial charge in [0.15, 0.2) is 0 Å². The van der Waals surface area contributed by atoms with Crippen LogP contribution in [-0.4, -0.2) is 37.0 Å². The zero-order chi connectivity index (χ0) is 21.5. The summed E-state index contributed by atoms with van der Waals surface area (Å²) in [7, 11) is 0.657. The zero-order valence-electron chi connectivity index (χ0n) is 13.0. The Bertz CT molecular complexity index is 634. The van der Waals surface area contributed by atoms with E-state index in [9.17, 15) is 52.7 Å². The van der Waals surface area contributed by atoms with E-state index in [-0.39, 0.29) is 0 Å². The Morgan fingerprint density at radius 2 is 1.19 bits per heavy atom. The quantitative estimate of drug-likeness (QED) is 0.490. The molecular weight excluding hydrogens is 412 g/mol. The van der Waals surface area contributed by atoms with E-state index in [1.165, 1.54) is 0 Å². The molecule has 1 aromatic rings. The summed E-state index contributed by atoms with van der Waals surface area (Å²) in [6, 6.07) is 2.84. The van der Waals surface area contributed by atoms with E-state index in [4.69, 9.17) is 0 Å². The molecule has 0 aliphatic carbocycles. The van der Waals surface area contributed by atoms with Crippen molar-refractivity contribution in [1.82, 2.24) is 0 Å². The van der Waals surface area contributed by atoms with Crippen LogP contribution in [0.2, 0.25) is 0 Å². The maximum Gasteiger partial charge on any atom is 0.460 e. The van der Waals surface area contributed by atoms with Gasteiger partial charge in [-0.1, -0.05) is 12.1 Å². The van der Waals surface area contributed by atoms with E-state index >= 15 is 0 Å². The summed E-state index contributed by atoms with van der Waals surface area (Å²) in [6.45, 7) is 0. The molecule has 1 rings (SSSR count). The number of halogens is 12. The number of methoxy groups -OCH3 is 1. The van der Waals surface area contributed by atoms with Crippen molar-refractivity contribution >= 4 is 0 Å². The Labute approximate surface area is 143 Å². The first kappa shape index (κ1) is 23.4. The molecule has 27 heavy (non-hydrogen) atoms. The van der Waals surface area contributed by atoms with Crippen molar-refractivity contribution in [1.29, 1.82) is 0 Å². The molecule has 0 aromatic heterocycles. The topological polar surface area (TPSA) is 9.23 Å². The lowest BCUT2D eigenvalue weighted by Crippen LogP contribution is -2.66. The van der Waals surface area contributed by atoms with Gasteiger partial charge in [-0.15, -0.1) is 0 Å². The third-order valence-electron chi connectivity index (χ3n) is 3.57. The second-order valence-corrected chi connectivity index (χ2v) is 5.41. The Hall–Kier alpha value is -1.66. The van der Waals surface area contributed by atoms with Crippen molar-refractivity contribution in [3.8, 4) is 0 Å². The fourth-order valence-corrected chi connectivity index (χ4v) is 1.98. The van der Waals surface area contributed by atoms with E-state index in [1.54, 1.807) is 0 Å². The number of alkyl halides is 11. The van der Waals surface area contributed by atoms with Crippen molar-refractivity contribution in [3.63, 3.8) is 0 Å². The highest BCUT2D eigenvalue weighted by molar-refractivity contribution is 5.20. The molecule has 1 nitrogen and oxygen atoms in total. The second kappa shape index (κ2) is 7.06. The van der Waals surface area contributed by atoms with Gasteiger partial charge in [0.2, 0.25) is 0 Å². The lowest BCUT2D eigenvalue weighted by molar-refractivity contribution is -0.423. The molecular formula is C14H10F12O. The first-order valence-electron chi connectivity index (χ1n) is 6.78. The lowest BCUT2D eigenvalue weighted by Gasteiger charge is -2.38. The van der Waals surface area contributed by atoms with E-state index in [2.05, 4.69) is 4.74 Å². The van der Waals surface area contributed by atoms with E-state index in [1.807, 2.05) is 0 Å². The van der Waals surface area contributed by atoms with Gasteiger partial charge in [-0.05, 0) is 17.7 Å². The molecule has 0 aliphatic rings. The minimum atomic E-state index is -7.47. The first-order valence-corrected chi connectivity index (χ1v) is 6.78. The molecule has 13 heteroatoms. The predicted molar refractivity (Wildman–Crippen MR) is 66.6 cm³/mol. The van der Waals surface area contributed by atoms with Crippen LogP contribution in [0.25, 0.3) is 0 Å². The molecule has 0 amide bonds. The summed E-state index contributed by atoms with van der Waals surface area (Å²) in [4.78, 5) is 0. The SMILES string of the molecule is COC(CC(F)(F)C(F)(F)C(F)(F)C(F)(F)C(F)(F)F)c1ccc(F)cc1. The van der Waals surface area contributed by atoms with Gasteiger partial charge in [-0.3, -0.25) is 0 Å². The fraction of sp³-hybridized carbons (Fsp3) is 0.571. The Balaban J connectivity index is 3.27. The summed E-state index contributed by atoms with van der Waals surface area (Å²) < 4.78 is 160. The maximum atomic E-state index is 13.7. The Morgan fingerprint density at radius 1 is 0.741 bits per heavy atom. The Morgan fingerprint density at radius 3 is 1.56 bits per heavy atom. The van der Waals surface area contributed by atoms with Crippen LogP contribution in [-0.2, 0) is 4.74 Å². The normalized spacial score (nSPS) is 15.7. The summed E-state index contributed by atoms with van der Waals surface area (Å²) in [5.41, 5.74) is -0.430. The number of hydrogen-bond donors (Lipinski definition) is 0. The third kappa shape index (κ3) is 3.97. The van der Waals surface area contributed by atoms with Crippen LogP contribution in [0.5, 0.6) is 0 Å². The number of benzene rings is 1. The predicted octanol–water partition coefficient (Wildman–Crippen LogP) is 6.01. The van der Waals surface area contributed by atoms with E-state index < -0.39 is 53.8 Å². The van der Waals surface area contributed by atoms with Crippen molar-refractivity contribution in [2.75, 3.05) is 7.11 Å². The van der Waals surface area contributed by atoms with Crippen LogP contribution < -0.4 is 0 Å². The van der Waals surface area contributed by atoms with Gasteiger partial charge in [0, 0.05) is 13.5 Å². The van der Waals surface area contributed by atoms with Gasteiger partial charge in [0.25, 0.3) is 0 Å². The molecule has 0 saturated heterocycles. The molecule has 1 atom stereocenters. The summed E-state index contributed by atoms with van der Waals surface area (Å²) in [5.74, 6) is -29.0. The van der Waals surface area contributed by atoms with E-state index in [0.717, 1.165) is 12.1 Å². The molecule has 0 fully saturated rings. The molecule has 1 aromatic carbocycles. The molecule has 0 N–H and O–H groups in total. The molecule has 0 saturated carbocycles. The number of hydrogen-bond acceptors (Lipinski definition) is 1. The fourth-order valence-electron chi connectivity index (χ4n) is 1.98. The zero-order valence-corrected chi connectivity index (χ0v) is 13.0. The molecule has 0 radical (unpaired) electrons. The minimum absolute atomic E-state index is 0.430. The standard InChI is InChI=1S/C14H10F12O/c1-27-9(7-2-4-8(15)5-3-7)6-10(16,17)11(18,19)12(20,21)13(22,23)14(24,25)26/h2-5,9H,6H2,1H3. The average Bonchev–Trinajstić information content (AvgIpc) is 2.51. The van der Waals surface area contributed by atoms with Gasteiger partial charge < -0.3 is 4.74 Å². The van der Waals surface area contributed by atoms with E-state index in [0.29, 0.717) is 19.2 Å². The lowest BCUT2D eigenvalue weighted by atomic mass is 9.92.